The van der Waals surface area contributed by atoms with Gasteiger partial charge in [-0.25, -0.2) is 0 Å². The molecule has 2 aromatic rings. The summed E-state index contributed by atoms with van der Waals surface area (Å²) in [6.45, 7) is 0.221. The van der Waals surface area contributed by atoms with E-state index in [0.717, 1.165) is 12.8 Å². The molecule has 1 fully saturated rings. The Kier molecular flexibility index (Phi) is 3.10. The fourth-order valence-electron chi connectivity index (χ4n) is 1.65. The molecule has 3 rings (SSSR count). The number of aromatic nitrogens is 2. The van der Waals surface area contributed by atoms with Crippen molar-refractivity contribution in [3.05, 3.63) is 40.5 Å². The van der Waals surface area contributed by atoms with Crippen LogP contribution in [-0.2, 0) is 6.61 Å². The Hall–Kier alpha value is -2.06. The van der Waals surface area contributed by atoms with Crippen LogP contribution in [0.4, 0.5) is 0 Å². The molecule has 96 valence electrons. The fraction of sp³-hybridized carbons (Fsp3) is 0.308. The summed E-state index contributed by atoms with van der Waals surface area (Å²) in [7, 11) is 0. The van der Waals surface area contributed by atoms with E-state index in [2.05, 4.69) is 10.1 Å². The van der Waals surface area contributed by atoms with Crippen molar-refractivity contribution in [3.63, 3.8) is 0 Å². The summed E-state index contributed by atoms with van der Waals surface area (Å²) < 4.78 is 10.6. The van der Waals surface area contributed by atoms with Crippen LogP contribution < -0.4 is 4.74 Å². The second-order valence-corrected chi connectivity index (χ2v) is 4.77. The van der Waals surface area contributed by atoms with Crippen LogP contribution >= 0.6 is 11.6 Å². The summed E-state index contributed by atoms with van der Waals surface area (Å²) in [4.78, 5) is 4.26. The van der Waals surface area contributed by atoms with Gasteiger partial charge in [-0.15, -0.1) is 0 Å². The highest BCUT2D eigenvalue weighted by Crippen LogP contribution is 2.38. The predicted molar refractivity (Wildman–Crippen MR) is 66.8 cm³/mol. The molecule has 19 heavy (non-hydrogen) atoms. The maximum atomic E-state index is 8.77. The Morgan fingerprint density at radius 3 is 3.00 bits per heavy atom. The lowest BCUT2D eigenvalue weighted by atomic mass is 10.2. The molecule has 1 heterocycles. The van der Waals surface area contributed by atoms with Crippen molar-refractivity contribution in [1.82, 2.24) is 10.1 Å². The van der Waals surface area contributed by atoms with Crippen molar-refractivity contribution in [1.29, 1.82) is 5.26 Å². The van der Waals surface area contributed by atoms with E-state index >= 15 is 0 Å². The van der Waals surface area contributed by atoms with Crippen LogP contribution in [0.5, 0.6) is 5.75 Å². The number of nitriles is 1. The quantitative estimate of drug-likeness (QED) is 0.857. The molecule has 5 nitrogen and oxygen atoms in total. The average molecular weight is 276 g/mol. The van der Waals surface area contributed by atoms with Crippen molar-refractivity contribution < 1.29 is 9.26 Å². The normalized spacial score (nSPS) is 14.1. The zero-order valence-electron chi connectivity index (χ0n) is 9.97. The number of hydrogen-bond acceptors (Lipinski definition) is 5. The molecule has 0 spiro atoms. The predicted octanol–water partition coefficient (Wildman–Crippen LogP) is 3.05. The van der Waals surface area contributed by atoms with Crippen LogP contribution in [-0.4, -0.2) is 10.1 Å². The molecule has 0 radical (unpaired) electrons. The standard InChI is InChI=1S/C13H10ClN3O2/c14-11-5-10(4-3-9(11)6-15)18-7-12-16-13(19-17-12)8-1-2-8/h3-5,8H,1-2,7H2. The molecule has 0 N–H and O–H groups in total. The van der Waals surface area contributed by atoms with E-state index in [9.17, 15) is 0 Å². The maximum absolute atomic E-state index is 8.77. The Balaban J connectivity index is 1.64. The molecule has 0 atom stereocenters. The molecular weight excluding hydrogens is 266 g/mol. The van der Waals surface area contributed by atoms with Gasteiger partial charge in [-0.3, -0.25) is 0 Å². The molecule has 1 aromatic heterocycles. The molecule has 0 bridgehead atoms. The molecule has 6 heteroatoms. The van der Waals surface area contributed by atoms with E-state index in [1.807, 2.05) is 6.07 Å². The van der Waals surface area contributed by atoms with Gasteiger partial charge in [0.05, 0.1) is 10.6 Å². The van der Waals surface area contributed by atoms with Crippen LogP contribution in [0, 0.1) is 11.3 Å². The maximum Gasteiger partial charge on any atom is 0.229 e. The first-order valence-electron chi connectivity index (χ1n) is 5.91. The average Bonchev–Trinajstić information content (AvgIpc) is 3.16. The van der Waals surface area contributed by atoms with Crippen molar-refractivity contribution >= 4 is 11.6 Å². The number of hydrogen-bond donors (Lipinski definition) is 0. The molecular formula is C13H10ClN3O2. The highest BCUT2D eigenvalue weighted by atomic mass is 35.5. The van der Waals surface area contributed by atoms with Crippen LogP contribution in [0.3, 0.4) is 0 Å². The summed E-state index contributed by atoms with van der Waals surface area (Å²) in [5.41, 5.74) is 0.421. The molecule has 1 aliphatic rings. The summed E-state index contributed by atoms with van der Waals surface area (Å²) in [6.07, 6.45) is 2.24. The second kappa shape index (κ2) is 4.90. The molecule has 0 saturated heterocycles. The smallest absolute Gasteiger partial charge is 0.229 e. The summed E-state index contributed by atoms with van der Waals surface area (Å²) in [5.74, 6) is 2.21. The van der Waals surface area contributed by atoms with Gasteiger partial charge in [-0.05, 0) is 25.0 Å². The van der Waals surface area contributed by atoms with Gasteiger partial charge < -0.3 is 9.26 Å². The molecule has 1 aliphatic carbocycles. The Morgan fingerprint density at radius 2 is 2.32 bits per heavy atom. The minimum atomic E-state index is 0.221. The topological polar surface area (TPSA) is 71.9 Å². The van der Waals surface area contributed by atoms with E-state index < -0.39 is 0 Å². The highest BCUT2D eigenvalue weighted by Gasteiger charge is 2.29. The van der Waals surface area contributed by atoms with Crippen LogP contribution in [0.1, 0.15) is 36.0 Å². The van der Waals surface area contributed by atoms with Gasteiger partial charge in [0.1, 0.15) is 11.8 Å². The van der Waals surface area contributed by atoms with Crippen molar-refractivity contribution in [2.45, 2.75) is 25.4 Å². The lowest BCUT2D eigenvalue weighted by Gasteiger charge is -2.04. The second-order valence-electron chi connectivity index (χ2n) is 4.37. The van der Waals surface area contributed by atoms with Gasteiger partial charge in [-0.2, -0.15) is 10.2 Å². The van der Waals surface area contributed by atoms with Gasteiger partial charge in [0, 0.05) is 12.0 Å². The van der Waals surface area contributed by atoms with Gasteiger partial charge >= 0.3 is 0 Å². The number of nitrogens with zero attached hydrogens (tertiary/aromatic N) is 3. The largest absolute Gasteiger partial charge is 0.485 e. The van der Waals surface area contributed by atoms with E-state index in [1.165, 1.54) is 0 Å². The zero-order valence-corrected chi connectivity index (χ0v) is 10.7. The lowest BCUT2D eigenvalue weighted by molar-refractivity contribution is 0.285. The van der Waals surface area contributed by atoms with Crippen molar-refractivity contribution in [2.24, 2.45) is 0 Å². The molecule has 0 unspecified atom stereocenters. The summed E-state index contributed by atoms with van der Waals surface area (Å²) in [6, 6.07) is 6.89. The van der Waals surface area contributed by atoms with Gasteiger partial charge in [-0.1, -0.05) is 16.8 Å². The zero-order chi connectivity index (χ0) is 13.2. The number of ether oxygens (including phenoxy) is 1. The summed E-state index contributed by atoms with van der Waals surface area (Å²) in [5, 5.41) is 13.0. The molecule has 0 aliphatic heterocycles. The first kappa shape index (κ1) is 12.0. The van der Waals surface area contributed by atoms with Crippen LogP contribution in [0.25, 0.3) is 0 Å². The van der Waals surface area contributed by atoms with Gasteiger partial charge in [0.2, 0.25) is 11.7 Å². The van der Waals surface area contributed by atoms with Gasteiger partial charge in [0.15, 0.2) is 6.61 Å². The minimum absolute atomic E-state index is 0.221. The monoisotopic (exact) mass is 275 g/mol. The highest BCUT2D eigenvalue weighted by molar-refractivity contribution is 6.31. The lowest BCUT2D eigenvalue weighted by Crippen LogP contribution is -1.98. The summed E-state index contributed by atoms with van der Waals surface area (Å²) >= 11 is 5.91. The Morgan fingerprint density at radius 1 is 1.47 bits per heavy atom. The number of halogens is 1. The number of benzene rings is 1. The fourth-order valence-corrected chi connectivity index (χ4v) is 1.86. The van der Waals surface area contributed by atoms with Crippen LogP contribution in [0.15, 0.2) is 22.7 Å². The van der Waals surface area contributed by atoms with Crippen molar-refractivity contribution in [2.75, 3.05) is 0 Å². The third kappa shape index (κ3) is 2.69. The van der Waals surface area contributed by atoms with Crippen LogP contribution in [0.2, 0.25) is 5.02 Å². The molecule has 1 aromatic carbocycles. The van der Waals surface area contributed by atoms with E-state index in [1.54, 1.807) is 18.2 Å². The van der Waals surface area contributed by atoms with E-state index in [0.29, 0.717) is 34.0 Å². The van der Waals surface area contributed by atoms with E-state index in [-0.39, 0.29) is 6.61 Å². The Bertz CT molecular complexity index is 644. The third-order valence-electron chi connectivity index (χ3n) is 2.84. The van der Waals surface area contributed by atoms with Gasteiger partial charge in [0.25, 0.3) is 0 Å². The molecule has 0 amide bonds. The van der Waals surface area contributed by atoms with Crippen molar-refractivity contribution in [3.8, 4) is 11.8 Å². The molecule has 1 saturated carbocycles. The Labute approximate surface area is 114 Å². The first-order valence-corrected chi connectivity index (χ1v) is 6.29. The third-order valence-corrected chi connectivity index (χ3v) is 3.15. The number of rotatable bonds is 4. The minimum Gasteiger partial charge on any atom is -0.485 e. The SMILES string of the molecule is N#Cc1ccc(OCc2noc(C3CC3)n2)cc1Cl. The van der Waals surface area contributed by atoms with E-state index in [4.69, 9.17) is 26.1 Å². The first-order chi connectivity index (χ1) is 9.26.